The Morgan fingerprint density at radius 3 is 2.37 bits per heavy atom. The lowest BCUT2D eigenvalue weighted by Gasteiger charge is -2.31. The molecule has 0 saturated heterocycles. The van der Waals surface area contributed by atoms with Crippen molar-refractivity contribution in [3.05, 3.63) is 134 Å². The second-order valence-corrected chi connectivity index (χ2v) is 11.5. The molecular weight excluding hydrogens is 607 g/mol. The van der Waals surface area contributed by atoms with Gasteiger partial charge in [-0.3, -0.25) is 4.79 Å². The highest BCUT2D eigenvalue weighted by atomic mass is 35.5. The van der Waals surface area contributed by atoms with Crippen LogP contribution in [0.25, 0.3) is 0 Å². The molecule has 5 rings (SSSR count). The summed E-state index contributed by atoms with van der Waals surface area (Å²) >= 11 is 19.1. The zero-order valence-electron chi connectivity index (χ0n) is 23.3. The summed E-state index contributed by atoms with van der Waals surface area (Å²) < 4.78 is 12.2. The van der Waals surface area contributed by atoms with Crippen molar-refractivity contribution in [1.29, 1.82) is 0 Å². The molecule has 222 valence electrons. The Labute approximate surface area is 266 Å². The minimum Gasteiger partial charge on any atom is -0.494 e. The number of halogens is 3. The number of carbonyl (C=O) groups excluding carboxylic acids is 1. The molecule has 0 bridgehead atoms. The molecule has 0 spiro atoms. The van der Waals surface area contributed by atoms with Gasteiger partial charge in [-0.25, -0.2) is 4.99 Å². The van der Waals surface area contributed by atoms with Gasteiger partial charge in [0, 0.05) is 52.2 Å². The van der Waals surface area contributed by atoms with Crippen LogP contribution in [0.5, 0.6) is 5.75 Å². The summed E-state index contributed by atoms with van der Waals surface area (Å²) in [6.45, 7) is 0.837. The summed E-state index contributed by atoms with van der Waals surface area (Å²) in [6.07, 6.45) is 0.566. The Hall–Kier alpha value is -3.55. The van der Waals surface area contributed by atoms with E-state index in [2.05, 4.69) is 5.32 Å². The van der Waals surface area contributed by atoms with E-state index in [4.69, 9.17) is 54.4 Å². The van der Waals surface area contributed by atoms with E-state index in [1.54, 1.807) is 18.2 Å². The minimum absolute atomic E-state index is 0.0576. The topological polar surface area (TPSA) is 80.2 Å². The third kappa shape index (κ3) is 7.51. The number of amides is 1. The Balaban J connectivity index is 1.52. The van der Waals surface area contributed by atoms with E-state index in [-0.39, 0.29) is 18.9 Å². The van der Waals surface area contributed by atoms with Crippen LogP contribution in [0.1, 0.15) is 34.8 Å². The van der Waals surface area contributed by atoms with Crippen molar-refractivity contribution in [1.82, 2.24) is 5.32 Å². The largest absolute Gasteiger partial charge is 0.494 e. The third-order valence-corrected chi connectivity index (χ3v) is 7.98. The molecule has 1 heterocycles. The fourth-order valence-corrected chi connectivity index (χ4v) is 5.77. The van der Waals surface area contributed by atoms with Crippen molar-refractivity contribution in [2.24, 2.45) is 4.99 Å². The Morgan fingerprint density at radius 1 is 0.907 bits per heavy atom. The van der Waals surface area contributed by atoms with Gasteiger partial charge >= 0.3 is 0 Å². The smallest absolute Gasteiger partial charge is 0.252 e. The number of rotatable bonds is 12. The predicted octanol–water partition coefficient (Wildman–Crippen LogP) is 7.27. The zero-order valence-corrected chi connectivity index (χ0v) is 25.6. The van der Waals surface area contributed by atoms with Crippen molar-refractivity contribution in [3.63, 3.8) is 0 Å². The highest BCUT2D eigenvalue weighted by molar-refractivity contribution is 6.35. The summed E-state index contributed by atoms with van der Waals surface area (Å²) in [4.78, 5) is 19.4. The normalized spacial score (nSPS) is 17.7. The van der Waals surface area contributed by atoms with Gasteiger partial charge in [-0.2, -0.15) is 0 Å². The van der Waals surface area contributed by atoms with Gasteiger partial charge < -0.3 is 19.9 Å². The number of hydrogen-bond acceptors (Lipinski definition) is 5. The Kier molecular flexibility index (Phi) is 10.3. The lowest BCUT2D eigenvalue weighted by Crippen LogP contribution is -2.50. The predicted molar refractivity (Wildman–Crippen MR) is 172 cm³/mol. The van der Waals surface area contributed by atoms with Crippen LogP contribution in [0.4, 0.5) is 0 Å². The third-order valence-electron chi connectivity index (χ3n) is 7.18. The molecule has 0 aromatic heterocycles. The lowest BCUT2D eigenvalue weighted by molar-refractivity contribution is -0.128. The van der Waals surface area contributed by atoms with Crippen molar-refractivity contribution in [2.75, 3.05) is 19.8 Å². The van der Waals surface area contributed by atoms with Gasteiger partial charge in [0.15, 0.2) is 11.6 Å². The molecule has 0 fully saturated rings. The van der Waals surface area contributed by atoms with Crippen LogP contribution >= 0.6 is 34.8 Å². The molecule has 2 N–H and O–H groups in total. The van der Waals surface area contributed by atoms with E-state index in [1.165, 1.54) is 0 Å². The van der Waals surface area contributed by atoms with Gasteiger partial charge in [0.05, 0.1) is 6.61 Å². The van der Waals surface area contributed by atoms with Gasteiger partial charge in [-0.05, 0) is 66.1 Å². The van der Waals surface area contributed by atoms with Gasteiger partial charge in [0.2, 0.25) is 5.90 Å². The summed E-state index contributed by atoms with van der Waals surface area (Å²) in [6, 6.07) is 29.7. The van der Waals surface area contributed by atoms with Crippen LogP contribution in [0.15, 0.2) is 102 Å². The molecule has 43 heavy (non-hydrogen) atoms. The number of carbonyl (C=O) groups is 1. The molecule has 6 nitrogen and oxygen atoms in total. The maximum atomic E-state index is 14.3. The number of aliphatic imine (C=N–C) groups is 1. The minimum atomic E-state index is -1.38. The van der Waals surface area contributed by atoms with Crippen molar-refractivity contribution in [3.8, 4) is 5.75 Å². The first-order valence-electron chi connectivity index (χ1n) is 14.0. The molecule has 9 heteroatoms. The maximum absolute atomic E-state index is 14.3. The number of nitrogens with zero attached hydrogens (tertiary/aromatic N) is 1. The van der Waals surface area contributed by atoms with E-state index in [9.17, 15) is 4.79 Å². The number of hydrogen-bond donors (Lipinski definition) is 2. The SMILES string of the molecule is O=C(NCCc1cccc(Cl)c1)[C@]1(Cc2ccccc2)N=C(c2ccc(OCCCO)cc2)O[C@@H]1c1ccc(Cl)cc1Cl. The second-order valence-electron chi connectivity index (χ2n) is 10.3. The van der Waals surface area contributed by atoms with Crippen LogP contribution in [0.3, 0.4) is 0 Å². The molecular formula is C34H31Cl3N2O4. The molecule has 0 saturated carbocycles. The highest BCUT2D eigenvalue weighted by Crippen LogP contribution is 2.45. The molecule has 1 aliphatic rings. The first kappa shape index (κ1) is 30.9. The van der Waals surface area contributed by atoms with Crippen LogP contribution in [0.2, 0.25) is 15.1 Å². The van der Waals surface area contributed by atoms with Crippen molar-refractivity contribution < 1.29 is 19.4 Å². The maximum Gasteiger partial charge on any atom is 0.252 e. The van der Waals surface area contributed by atoms with Crippen LogP contribution in [0, 0.1) is 0 Å². The van der Waals surface area contributed by atoms with Crippen LogP contribution in [-0.4, -0.2) is 42.2 Å². The van der Waals surface area contributed by atoms with E-state index in [1.807, 2.05) is 78.9 Å². The van der Waals surface area contributed by atoms with Gasteiger partial charge in [0.25, 0.3) is 5.91 Å². The fourth-order valence-electron chi connectivity index (χ4n) is 5.05. The summed E-state index contributed by atoms with van der Waals surface area (Å²) in [5, 5.41) is 13.7. The average Bonchev–Trinajstić information content (AvgIpc) is 3.38. The first-order chi connectivity index (χ1) is 20.9. The average molecular weight is 638 g/mol. The zero-order chi connectivity index (χ0) is 30.2. The molecule has 1 aliphatic heterocycles. The summed E-state index contributed by atoms with van der Waals surface area (Å²) in [5.41, 5.74) is 1.85. The molecule has 0 aliphatic carbocycles. The quantitative estimate of drug-likeness (QED) is 0.160. The van der Waals surface area contributed by atoms with Gasteiger partial charge in [-0.1, -0.05) is 83.3 Å². The standard InChI is InChI=1S/C34H31Cl3N2O4/c35-26-9-4-8-23(20-26)16-17-38-33(41)34(22-24-6-2-1-3-7-24)31(29-15-12-27(36)21-30(29)37)43-32(39-34)25-10-13-28(14-11-25)42-19-5-18-40/h1-4,6-15,20-21,31,40H,5,16-19,22H2,(H,38,41)/t31-,34-/m1/s1. The monoisotopic (exact) mass is 636 g/mol. The Bertz CT molecular complexity index is 1580. The summed E-state index contributed by atoms with van der Waals surface area (Å²) in [7, 11) is 0. The number of aliphatic hydroxyl groups excluding tert-OH is 1. The molecule has 0 radical (unpaired) electrons. The van der Waals surface area contributed by atoms with Crippen molar-refractivity contribution in [2.45, 2.75) is 30.9 Å². The van der Waals surface area contributed by atoms with E-state index in [0.717, 1.165) is 11.1 Å². The summed E-state index contributed by atoms with van der Waals surface area (Å²) in [5.74, 6) is 0.689. The lowest BCUT2D eigenvalue weighted by atomic mass is 9.82. The molecule has 4 aromatic rings. The van der Waals surface area contributed by atoms with E-state index >= 15 is 0 Å². The van der Waals surface area contributed by atoms with E-state index in [0.29, 0.717) is 63.8 Å². The number of nitrogens with one attached hydrogen (secondary N) is 1. The highest BCUT2D eigenvalue weighted by Gasteiger charge is 2.53. The van der Waals surface area contributed by atoms with Gasteiger partial charge in [-0.15, -0.1) is 0 Å². The number of benzene rings is 4. The van der Waals surface area contributed by atoms with Crippen LogP contribution < -0.4 is 10.1 Å². The number of ether oxygens (including phenoxy) is 2. The van der Waals surface area contributed by atoms with Crippen molar-refractivity contribution >= 4 is 46.6 Å². The first-order valence-corrected chi connectivity index (χ1v) is 15.1. The molecule has 4 aromatic carbocycles. The molecule has 2 atom stereocenters. The fraction of sp³-hybridized carbons (Fsp3) is 0.235. The second kappa shape index (κ2) is 14.3. The molecule has 1 amide bonds. The number of aliphatic hydroxyl groups is 1. The molecule has 0 unspecified atom stereocenters. The van der Waals surface area contributed by atoms with E-state index < -0.39 is 11.6 Å². The Morgan fingerprint density at radius 2 is 1.65 bits per heavy atom. The van der Waals surface area contributed by atoms with Gasteiger partial charge in [0.1, 0.15) is 5.75 Å². The van der Waals surface area contributed by atoms with Crippen LogP contribution in [-0.2, 0) is 22.4 Å².